The molecule has 2 fully saturated rings. The molecule has 1 amide bonds. The van der Waals surface area contributed by atoms with Gasteiger partial charge in [0.15, 0.2) is 0 Å². The van der Waals surface area contributed by atoms with Gasteiger partial charge in [-0.1, -0.05) is 23.7 Å². The van der Waals surface area contributed by atoms with Gasteiger partial charge in [-0.3, -0.25) is 9.78 Å². The van der Waals surface area contributed by atoms with Gasteiger partial charge in [-0.05, 0) is 60.0 Å². The summed E-state index contributed by atoms with van der Waals surface area (Å²) < 4.78 is 55.4. The number of piperidine rings is 1. The molecule has 2 aromatic carbocycles. The fourth-order valence-electron chi connectivity index (χ4n) is 5.36. The number of carbonyl (C=O) groups is 1. The average Bonchev–Trinajstić information content (AvgIpc) is 2.89. The van der Waals surface area contributed by atoms with E-state index in [1.165, 1.54) is 10.4 Å². The molecule has 39 heavy (non-hydrogen) atoms. The Balaban J connectivity index is 1.29. The summed E-state index contributed by atoms with van der Waals surface area (Å²) in [5.74, 6) is -0.358. The van der Waals surface area contributed by atoms with E-state index in [0.717, 1.165) is 22.7 Å². The number of benzene rings is 2. The molecule has 0 bridgehead atoms. The van der Waals surface area contributed by atoms with Crippen LogP contribution in [0.1, 0.15) is 12.8 Å². The maximum atomic E-state index is 13.4. The molecule has 0 saturated carbocycles. The number of hydrogen-bond acceptors (Lipinski definition) is 7. The first-order valence-corrected chi connectivity index (χ1v) is 16.3. The number of nitrogens with zero attached hydrogens (tertiary/aromatic N) is 4. The molecule has 2 saturated heterocycles. The first kappa shape index (κ1) is 27.8. The highest BCUT2D eigenvalue weighted by atomic mass is 35.5. The number of fused-ring (bicyclic) bond motifs is 1. The van der Waals surface area contributed by atoms with Gasteiger partial charge >= 0.3 is 0 Å². The quantitative estimate of drug-likeness (QED) is 0.448. The molecule has 0 radical (unpaired) electrons. The van der Waals surface area contributed by atoms with E-state index in [9.17, 15) is 21.6 Å². The molecular formula is C26H30ClN5O5S2. The van der Waals surface area contributed by atoms with Crippen molar-refractivity contribution >= 4 is 54.0 Å². The third kappa shape index (κ3) is 6.20. The van der Waals surface area contributed by atoms with Crippen molar-refractivity contribution in [2.24, 2.45) is 0 Å². The molecule has 3 heterocycles. The second-order valence-electron chi connectivity index (χ2n) is 10.2. The second-order valence-corrected chi connectivity index (χ2v) is 14.3. The van der Waals surface area contributed by atoms with Crippen molar-refractivity contribution in [3.63, 3.8) is 0 Å². The summed E-state index contributed by atoms with van der Waals surface area (Å²) in [6.07, 6.45) is 5.54. The number of nitrogens with one attached hydrogen (secondary N) is 1. The lowest BCUT2D eigenvalue weighted by Crippen LogP contribution is -2.63. The van der Waals surface area contributed by atoms with Crippen LogP contribution in [0.2, 0.25) is 5.02 Å². The summed E-state index contributed by atoms with van der Waals surface area (Å²) in [6.45, 7) is 1.35. The minimum atomic E-state index is -3.91. The van der Waals surface area contributed by atoms with Crippen LogP contribution in [0, 0.1) is 0 Å². The summed E-state index contributed by atoms with van der Waals surface area (Å²) in [7, 11) is -7.46. The zero-order valence-electron chi connectivity index (χ0n) is 21.5. The molecule has 0 aliphatic carbocycles. The number of sulfonamides is 2. The molecule has 10 nitrogen and oxygen atoms in total. The number of carbonyl (C=O) groups excluding carboxylic acids is 1. The van der Waals surface area contributed by atoms with E-state index in [1.807, 2.05) is 12.1 Å². The van der Waals surface area contributed by atoms with E-state index >= 15 is 0 Å². The van der Waals surface area contributed by atoms with Crippen LogP contribution in [0.5, 0.6) is 0 Å². The number of aromatic nitrogens is 1. The van der Waals surface area contributed by atoms with Crippen molar-refractivity contribution < 1.29 is 21.6 Å². The Hall–Kier alpha value is -2.77. The van der Waals surface area contributed by atoms with E-state index in [0.29, 0.717) is 31.0 Å². The van der Waals surface area contributed by atoms with E-state index in [1.54, 1.807) is 47.6 Å². The van der Waals surface area contributed by atoms with Gasteiger partial charge in [0.25, 0.3) is 0 Å². The predicted octanol–water partition coefficient (Wildman–Crippen LogP) is 2.31. The highest BCUT2D eigenvalue weighted by Crippen LogP contribution is 2.30. The van der Waals surface area contributed by atoms with Crippen LogP contribution in [0.15, 0.2) is 65.8 Å². The third-order valence-electron chi connectivity index (χ3n) is 7.34. The fourth-order valence-corrected chi connectivity index (χ4v) is 8.01. The van der Waals surface area contributed by atoms with Crippen molar-refractivity contribution in [3.8, 4) is 0 Å². The average molecular weight is 592 g/mol. The first-order chi connectivity index (χ1) is 18.4. The summed E-state index contributed by atoms with van der Waals surface area (Å²) in [4.78, 5) is 21.1. The molecule has 2 aliphatic heterocycles. The number of piperazine rings is 1. The van der Waals surface area contributed by atoms with Gasteiger partial charge in [-0.2, -0.15) is 4.31 Å². The zero-order chi connectivity index (χ0) is 27.8. The van der Waals surface area contributed by atoms with Crippen LogP contribution in [0.25, 0.3) is 10.8 Å². The topological polar surface area (TPSA) is 120 Å². The summed E-state index contributed by atoms with van der Waals surface area (Å²) in [5, 5.41) is 2.12. The van der Waals surface area contributed by atoms with E-state index in [4.69, 9.17) is 11.6 Å². The zero-order valence-corrected chi connectivity index (χ0v) is 23.8. The minimum absolute atomic E-state index is 0.109. The van der Waals surface area contributed by atoms with Crippen molar-refractivity contribution in [1.29, 1.82) is 0 Å². The van der Waals surface area contributed by atoms with Crippen LogP contribution in [0.3, 0.4) is 0 Å². The van der Waals surface area contributed by atoms with E-state index in [2.05, 4.69) is 14.6 Å². The Morgan fingerprint density at radius 1 is 0.923 bits per heavy atom. The predicted molar refractivity (Wildman–Crippen MR) is 151 cm³/mol. The Morgan fingerprint density at radius 2 is 1.59 bits per heavy atom. The van der Waals surface area contributed by atoms with Crippen LogP contribution in [-0.2, 0) is 24.8 Å². The number of rotatable bonds is 7. The lowest BCUT2D eigenvalue weighted by Gasteiger charge is -2.46. The van der Waals surface area contributed by atoms with Gasteiger partial charge in [0.1, 0.15) is 0 Å². The Labute approximate surface area is 233 Å². The molecule has 1 aromatic heterocycles. The van der Waals surface area contributed by atoms with E-state index < -0.39 is 25.6 Å². The summed E-state index contributed by atoms with van der Waals surface area (Å²) in [5.41, 5.74) is 0.164. The molecule has 0 spiro atoms. The maximum absolute atomic E-state index is 13.4. The van der Waals surface area contributed by atoms with Gasteiger partial charge in [0.2, 0.25) is 26.0 Å². The highest BCUT2D eigenvalue weighted by molar-refractivity contribution is 7.89. The van der Waals surface area contributed by atoms with Crippen LogP contribution in [-0.4, -0.2) is 88.0 Å². The lowest BCUT2D eigenvalue weighted by atomic mass is 9.87. The molecule has 3 aromatic rings. The lowest BCUT2D eigenvalue weighted by molar-refractivity contribution is -0.135. The molecule has 208 valence electrons. The van der Waals surface area contributed by atoms with Crippen molar-refractivity contribution in [3.05, 3.63) is 65.9 Å². The largest absolute Gasteiger partial charge is 0.371 e. The fraction of sp³-hybridized carbons (Fsp3) is 0.385. The van der Waals surface area contributed by atoms with Crippen molar-refractivity contribution in [2.75, 3.05) is 50.4 Å². The Morgan fingerprint density at radius 3 is 2.26 bits per heavy atom. The highest BCUT2D eigenvalue weighted by Gasteiger charge is 2.42. The standard InChI is InChI=1S/C26H30ClN5O5S2/c1-38(34,35)29-26(8-12-30(13-9-26)23-6-10-28-11-7-23)19-31-14-15-32(18-25(31)33)39(36,37)24-5-3-20-16-22(27)4-2-21(20)17-24/h2-7,10-11,16-17,29H,8-9,12-15,18-19H2,1H3. The van der Waals surface area contributed by atoms with Crippen molar-refractivity contribution in [1.82, 2.24) is 18.9 Å². The van der Waals surface area contributed by atoms with Gasteiger partial charge in [0, 0.05) is 55.8 Å². The van der Waals surface area contributed by atoms with Gasteiger partial charge in [0.05, 0.1) is 23.2 Å². The number of pyridine rings is 1. The molecule has 2 aliphatic rings. The smallest absolute Gasteiger partial charge is 0.243 e. The monoisotopic (exact) mass is 591 g/mol. The van der Waals surface area contributed by atoms with Crippen LogP contribution < -0.4 is 9.62 Å². The molecule has 13 heteroatoms. The molecule has 5 rings (SSSR count). The SMILES string of the molecule is CS(=O)(=O)NC1(CN2CCN(S(=O)(=O)c3ccc4cc(Cl)ccc4c3)CC2=O)CCN(c2ccncc2)CC1. The summed E-state index contributed by atoms with van der Waals surface area (Å²) in [6, 6.07) is 13.8. The molecule has 1 N–H and O–H groups in total. The summed E-state index contributed by atoms with van der Waals surface area (Å²) >= 11 is 6.04. The molecular weight excluding hydrogens is 562 g/mol. The normalized spacial score (nSPS) is 19.0. The van der Waals surface area contributed by atoms with E-state index in [-0.39, 0.29) is 37.0 Å². The first-order valence-electron chi connectivity index (χ1n) is 12.6. The molecule has 0 unspecified atom stereocenters. The Bertz CT molecular complexity index is 1590. The number of halogens is 1. The second kappa shape index (κ2) is 10.7. The number of anilines is 1. The number of amides is 1. The van der Waals surface area contributed by atoms with Crippen LogP contribution in [0.4, 0.5) is 5.69 Å². The number of hydrogen-bond donors (Lipinski definition) is 1. The minimum Gasteiger partial charge on any atom is -0.371 e. The maximum Gasteiger partial charge on any atom is 0.243 e. The molecule has 0 atom stereocenters. The van der Waals surface area contributed by atoms with Gasteiger partial charge < -0.3 is 9.80 Å². The van der Waals surface area contributed by atoms with Gasteiger partial charge in [-0.15, -0.1) is 0 Å². The van der Waals surface area contributed by atoms with Gasteiger partial charge in [-0.25, -0.2) is 21.6 Å². The Kier molecular flexibility index (Phi) is 7.59. The van der Waals surface area contributed by atoms with Crippen molar-refractivity contribution in [2.45, 2.75) is 23.3 Å². The third-order valence-corrected chi connectivity index (χ3v) is 10.2. The van der Waals surface area contributed by atoms with Crippen LogP contribution >= 0.6 is 11.6 Å².